The van der Waals surface area contributed by atoms with Gasteiger partial charge in [-0.25, -0.2) is 0 Å². The Morgan fingerprint density at radius 2 is 1.79 bits per heavy atom. The Balaban J connectivity index is 1.62. The zero-order valence-corrected chi connectivity index (χ0v) is 20.8. The molecule has 0 spiro atoms. The minimum atomic E-state index is -0.112. The van der Waals surface area contributed by atoms with E-state index in [4.69, 9.17) is 16.3 Å². The smallest absolute Gasteiger partial charge is 0.234 e. The van der Waals surface area contributed by atoms with E-state index in [9.17, 15) is 4.79 Å². The summed E-state index contributed by atoms with van der Waals surface area (Å²) in [6.07, 6.45) is 0. The van der Waals surface area contributed by atoms with Crippen LogP contribution in [0.5, 0.6) is 5.75 Å². The zero-order chi connectivity index (χ0) is 24.1. The second-order valence-corrected chi connectivity index (χ2v) is 8.98. The number of benzene rings is 3. The van der Waals surface area contributed by atoms with Crippen molar-refractivity contribution in [2.24, 2.45) is 0 Å². The highest BCUT2D eigenvalue weighted by Crippen LogP contribution is 2.32. The summed E-state index contributed by atoms with van der Waals surface area (Å²) in [6, 6.07) is 21.0. The van der Waals surface area contributed by atoms with Crippen LogP contribution in [0.3, 0.4) is 0 Å². The number of hydrogen-bond donors (Lipinski definition) is 1. The zero-order valence-electron chi connectivity index (χ0n) is 19.2. The van der Waals surface area contributed by atoms with Crippen LogP contribution in [0, 0.1) is 13.8 Å². The van der Waals surface area contributed by atoms with E-state index in [-0.39, 0.29) is 11.7 Å². The van der Waals surface area contributed by atoms with Gasteiger partial charge in [0, 0.05) is 16.9 Å². The number of thioether (sulfide) groups is 1. The van der Waals surface area contributed by atoms with Crippen LogP contribution in [0.15, 0.2) is 71.9 Å². The lowest BCUT2D eigenvalue weighted by atomic mass is 10.1. The predicted octanol–water partition coefficient (Wildman–Crippen LogP) is 6.33. The molecule has 0 aliphatic rings. The third kappa shape index (κ3) is 5.26. The first-order valence-corrected chi connectivity index (χ1v) is 12.3. The first kappa shape index (κ1) is 23.9. The van der Waals surface area contributed by atoms with E-state index in [1.165, 1.54) is 11.8 Å². The van der Waals surface area contributed by atoms with Gasteiger partial charge < -0.3 is 10.1 Å². The molecular formula is C26H25ClN4O2S. The van der Waals surface area contributed by atoms with Crippen LogP contribution in [0.1, 0.15) is 18.1 Å². The Hall–Kier alpha value is -3.29. The third-order valence-corrected chi connectivity index (χ3v) is 6.62. The topological polar surface area (TPSA) is 69.0 Å². The molecule has 34 heavy (non-hydrogen) atoms. The van der Waals surface area contributed by atoms with Crippen LogP contribution < -0.4 is 10.1 Å². The van der Waals surface area contributed by atoms with Crippen LogP contribution in [-0.2, 0) is 4.79 Å². The summed E-state index contributed by atoms with van der Waals surface area (Å²) in [5.41, 5.74) is 4.61. The van der Waals surface area contributed by atoms with Crippen molar-refractivity contribution in [3.8, 4) is 22.8 Å². The highest BCUT2D eigenvalue weighted by molar-refractivity contribution is 7.99. The van der Waals surface area contributed by atoms with Crippen LogP contribution in [0.2, 0.25) is 5.02 Å². The second-order valence-electron chi connectivity index (χ2n) is 7.63. The van der Waals surface area contributed by atoms with Crippen LogP contribution in [-0.4, -0.2) is 33.0 Å². The maximum Gasteiger partial charge on any atom is 0.234 e. The van der Waals surface area contributed by atoms with Gasteiger partial charge in [-0.15, -0.1) is 10.2 Å². The molecule has 0 aliphatic carbocycles. The van der Waals surface area contributed by atoms with Gasteiger partial charge in [0.05, 0.1) is 17.4 Å². The van der Waals surface area contributed by atoms with Gasteiger partial charge >= 0.3 is 0 Å². The summed E-state index contributed by atoms with van der Waals surface area (Å²) in [7, 11) is 0. The molecule has 0 unspecified atom stereocenters. The highest BCUT2D eigenvalue weighted by Gasteiger charge is 2.19. The molecule has 0 atom stereocenters. The number of anilines is 1. The number of nitrogens with zero attached hydrogens (tertiary/aromatic N) is 3. The Labute approximate surface area is 208 Å². The van der Waals surface area contributed by atoms with Crippen molar-refractivity contribution < 1.29 is 9.53 Å². The molecule has 0 fully saturated rings. The first-order valence-electron chi connectivity index (χ1n) is 10.9. The van der Waals surface area contributed by atoms with Crippen molar-refractivity contribution >= 4 is 35.0 Å². The van der Waals surface area contributed by atoms with Crippen LogP contribution >= 0.6 is 23.4 Å². The van der Waals surface area contributed by atoms with E-state index >= 15 is 0 Å². The number of ether oxygens (including phenoxy) is 1. The summed E-state index contributed by atoms with van der Waals surface area (Å²) < 4.78 is 7.49. The van der Waals surface area contributed by atoms with E-state index in [0.717, 1.165) is 33.8 Å². The number of aromatic nitrogens is 3. The number of aryl methyl sites for hydroxylation is 1. The standard InChI is InChI=1S/C26H25ClN4O2S/c1-4-33-20-14-12-19(13-15-20)31-25(21-9-5-6-10-22(21)27)29-30-26(31)34-16-24(32)28-23-11-7-8-17(2)18(23)3/h5-15H,4,16H2,1-3H3,(H,28,32). The number of hydrogen-bond acceptors (Lipinski definition) is 5. The highest BCUT2D eigenvalue weighted by atomic mass is 35.5. The lowest BCUT2D eigenvalue weighted by Crippen LogP contribution is -2.15. The van der Waals surface area contributed by atoms with E-state index < -0.39 is 0 Å². The molecule has 174 valence electrons. The molecule has 1 aromatic heterocycles. The molecule has 1 amide bonds. The first-order chi connectivity index (χ1) is 16.5. The second kappa shape index (κ2) is 10.8. The normalized spacial score (nSPS) is 10.8. The SMILES string of the molecule is CCOc1ccc(-n2c(SCC(=O)Nc3cccc(C)c3C)nnc2-c2ccccc2Cl)cc1. The Kier molecular flexibility index (Phi) is 7.55. The van der Waals surface area contributed by atoms with Gasteiger partial charge in [0.15, 0.2) is 11.0 Å². The number of halogens is 1. The third-order valence-electron chi connectivity index (χ3n) is 5.37. The Morgan fingerprint density at radius 3 is 2.53 bits per heavy atom. The minimum Gasteiger partial charge on any atom is -0.494 e. The van der Waals surface area contributed by atoms with E-state index in [0.29, 0.717) is 22.6 Å². The van der Waals surface area contributed by atoms with Gasteiger partial charge in [0.1, 0.15) is 5.75 Å². The van der Waals surface area contributed by atoms with E-state index in [1.54, 1.807) is 0 Å². The number of rotatable bonds is 8. The van der Waals surface area contributed by atoms with Crippen molar-refractivity contribution in [1.29, 1.82) is 0 Å². The minimum absolute atomic E-state index is 0.112. The molecule has 6 nitrogen and oxygen atoms in total. The molecule has 1 heterocycles. The lowest BCUT2D eigenvalue weighted by Gasteiger charge is -2.13. The fourth-order valence-electron chi connectivity index (χ4n) is 3.47. The van der Waals surface area contributed by atoms with Crippen LogP contribution in [0.4, 0.5) is 5.69 Å². The molecular weight excluding hydrogens is 468 g/mol. The van der Waals surface area contributed by atoms with Gasteiger partial charge in [0.2, 0.25) is 5.91 Å². The van der Waals surface area contributed by atoms with Gasteiger partial charge in [-0.2, -0.15) is 0 Å². The average molecular weight is 493 g/mol. The maximum atomic E-state index is 12.7. The van der Waals surface area contributed by atoms with Crippen molar-refractivity contribution in [1.82, 2.24) is 14.8 Å². The molecule has 0 saturated carbocycles. The molecule has 4 rings (SSSR count). The number of amides is 1. The van der Waals surface area contributed by atoms with Gasteiger partial charge in [-0.3, -0.25) is 9.36 Å². The molecule has 0 bridgehead atoms. The molecule has 0 saturated heterocycles. The van der Waals surface area contributed by atoms with E-state index in [2.05, 4.69) is 15.5 Å². The number of carbonyl (C=O) groups is 1. The molecule has 4 aromatic rings. The maximum absolute atomic E-state index is 12.7. The summed E-state index contributed by atoms with van der Waals surface area (Å²) in [4.78, 5) is 12.7. The van der Waals surface area contributed by atoms with Gasteiger partial charge in [-0.1, -0.05) is 47.6 Å². The summed E-state index contributed by atoms with van der Waals surface area (Å²) >= 11 is 7.79. The van der Waals surface area contributed by atoms with E-state index in [1.807, 2.05) is 92.1 Å². The average Bonchev–Trinajstić information content (AvgIpc) is 3.25. The Bertz CT molecular complexity index is 1300. The summed E-state index contributed by atoms with van der Waals surface area (Å²) in [5.74, 6) is 1.46. The summed E-state index contributed by atoms with van der Waals surface area (Å²) in [5, 5.41) is 13.0. The van der Waals surface area contributed by atoms with Crippen molar-refractivity contribution in [2.75, 3.05) is 17.7 Å². The molecule has 0 radical (unpaired) electrons. The summed E-state index contributed by atoms with van der Waals surface area (Å²) in [6.45, 7) is 6.56. The molecule has 0 aliphatic heterocycles. The van der Waals surface area contributed by atoms with Gasteiger partial charge in [0.25, 0.3) is 0 Å². The van der Waals surface area contributed by atoms with Crippen molar-refractivity contribution in [3.63, 3.8) is 0 Å². The fourth-order valence-corrected chi connectivity index (χ4v) is 4.45. The predicted molar refractivity (Wildman–Crippen MR) is 138 cm³/mol. The van der Waals surface area contributed by atoms with Gasteiger partial charge in [-0.05, 0) is 74.4 Å². The largest absolute Gasteiger partial charge is 0.494 e. The van der Waals surface area contributed by atoms with Crippen LogP contribution in [0.25, 0.3) is 17.1 Å². The quantitative estimate of drug-likeness (QED) is 0.291. The monoisotopic (exact) mass is 492 g/mol. The Morgan fingerprint density at radius 1 is 1.03 bits per heavy atom. The molecule has 1 N–H and O–H groups in total. The fraction of sp³-hybridized carbons (Fsp3) is 0.192. The molecule has 8 heteroatoms. The van der Waals surface area contributed by atoms with Crippen molar-refractivity contribution in [2.45, 2.75) is 25.9 Å². The number of nitrogens with one attached hydrogen (secondary N) is 1. The van der Waals surface area contributed by atoms with Crippen molar-refractivity contribution in [3.05, 3.63) is 82.9 Å². The lowest BCUT2D eigenvalue weighted by molar-refractivity contribution is -0.113. The number of carbonyl (C=O) groups excluding carboxylic acids is 1. The molecule has 3 aromatic carbocycles.